The minimum atomic E-state index is -0.413. The van der Waals surface area contributed by atoms with E-state index in [0.717, 1.165) is 0 Å². The lowest BCUT2D eigenvalue weighted by molar-refractivity contribution is 0.384. The van der Waals surface area contributed by atoms with Gasteiger partial charge in [-0.05, 0) is 15.9 Å². The number of ether oxygens (including phenoxy) is 1. The summed E-state index contributed by atoms with van der Waals surface area (Å²) >= 11 is 3.02. The van der Waals surface area contributed by atoms with Crippen LogP contribution in [-0.4, -0.2) is 12.1 Å². The highest BCUT2D eigenvalue weighted by Crippen LogP contribution is 2.17. The zero-order valence-electron chi connectivity index (χ0n) is 5.27. The smallest absolute Gasteiger partial charge is 0.172 e. The molecule has 0 amide bonds. The van der Waals surface area contributed by atoms with Crippen LogP contribution in [0.2, 0.25) is 0 Å². The van der Waals surface area contributed by atoms with Crippen molar-refractivity contribution in [1.82, 2.24) is 4.98 Å². The molecule has 0 aromatic carbocycles. The molecular weight excluding hydrogens is 201 g/mol. The highest BCUT2D eigenvalue weighted by molar-refractivity contribution is 9.10. The molecule has 2 nitrogen and oxygen atoms in total. The van der Waals surface area contributed by atoms with Gasteiger partial charge in [-0.25, -0.2) is 9.37 Å². The third kappa shape index (κ3) is 1.44. The van der Waals surface area contributed by atoms with Crippen molar-refractivity contribution in [1.29, 1.82) is 0 Å². The number of methoxy groups -OCH3 is 1. The first-order valence-electron chi connectivity index (χ1n) is 2.59. The molecule has 54 valence electrons. The SMILES string of the molecule is COc1cnc(Br)cc1F. The van der Waals surface area contributed by atoms with Crippen LogP contribution in [0.3, 0.4) is 0 Å². The molecule has 1 heterocycles. The average molecular weight is 206 g/mol. The van der Waals surface area contributed by atoms with Gasteiger partial charge in [0.1, 0.15) is 4.60 Å². The zero-order valence-corrected chi connectivity index (χ0v) is 6.85. The normalized spacial score (nSPS) is 9.50. The van der Waals surface area contributed by atoms with E-state index in [-0.39, 0.29) is 5.75 Å². The van der Waals surface area contributed by atoms with Crippen molar-refractivity contribution >= 4 is 15.9 Å². The quantitative estimate of drug-likeness (QED) is 0.655. The second-order valence-corrected chi connectivity index (χ2v) is 2.45. The van der Waals surface area contributed by atoms with E-state index in [1.165, 1.54) is 19.4 Å². The van der Waals surface area contributed by atoms with Gasteiger partial charge in [-0.15, -0.1) is 0 Å². The van der Waals surface area contributed by atoms with Crippen LogP contribution in [0.15, 0.2) is 16.9 Å². The molecule has 4 heteroatoms. The Hall–Kier alpha value is -0.640. The van der Waals surface area contributed by atoms with E-state index < -0.39 is 5.82 Å². The lowest BCUT2D eigenvalue weighted by Crippen LogP contribution is -1.88. The van der Waals surface area contributed by atoms with Crippen LogP contribution >= 0.6 is 15.9 Å². The molecule has 0 unspecified atom stereocenters. The van der Waals surface area contributed by atoms with Gasteiger partial charge in [-0.3, -0.25) is 0 Å². The van der Waals surface area contributed by atoms with Gasteiger partial charge in [0.05, 0.1) is 13.3 Å². The van der Waals surface area contributed by atoms with Gasteiger partial charge in [0.25, 0.3) is 0 Å². The fourth-order valence-electron chi connectivity index (χ4n) is 0.545. The van der Waals surface area contributed by atoms with Gasteiger partial charge in [0.15, 0.2) is 11.6 Å². The van der Waals surface area contributed by atoms with Crippen molar-refractivity contribution < 1.29 is 9.13 Å². The second-order valence-electron chi connectivity index (χ2n) is 1.64. The summed E-state index contributed by atoms with van der Waals surface area (Å²) in [5.74, 6) is -0.257. The van der Waals surface area contributed by atoms with Gasteiger partial charge in [0, 0.05) is 6.07 Å². The maximum Gasteiger partial charge on any atom is 0.172 e. The molecule has 0 saturated heterocycles. The predicted molar refractivity (Wildman–Crippen MR) is 38.4 cm³/mol. The molecule has 1 rings (SSSR count). The van der Waals surface area contributed by atoms with E-state index >= 15 is 0 Å². The zero-order chi connectivity index (χ0) is 7.56. The highest BCUT2D eigenvalue weighted by atomic mass is 79.9. The van der Waals surface area contributed by atoms with Crippen LogP contribution in [0.1, 0.15) is 0 Å². The average Bonchev–Trinajstić information content (AvgIpc) is 1.88. The third-order valence-electron chi connectivity index (χ3n) is 1.01. The number of rotatable bonds is 1. The fraction of sp³-hybridized carbons (Fsp3) is 0.167. The van der Waals surface area contributed by atoms with Crippen LogP contribution in [0.25, 0.3) is 0 Å². The monoisotopic (exact) mass is 205 g/mol. The Kier molecular flexibility index (Phi) is 2.21. The van der Waals surface area contributed by atoms with E-state index in [1.807, 2.05) is 0 Å². The molecule has 0 saturated carbocycles. The Labute approximate surface area is 66.2 Å². The Morgan fingerprint density at radius 2 is 2.40 bits per heavy atom. The minimum absolute atomic E-state index is 0.156. The van der Waals surface area contributed by atoms with Crippen LogP contribution < -0.4 is 4.74 Å². The molecule has 0 aliphatic rings. The maximum absolute atomic E-state index is 12.7. The molecule has 0 aliphatic carbocycles. The molecule has 0 radical (unpaired) electrons. The van der Waals surface area contributed by atoms with Crippen molar-refractivity contribution in [3.05, 3.63) is 22.7 Å². The summed E-state index contributed by atoms with van der Waals surface area (Å²) in [6.45, 7) is 0. The van der Waals surface area contributed by atoms with Crippen molar-refractivity contribution in [3.8, 4) is 5.75 Å². The first-order valence-corrected chi connectivity index (χ1v) is 3.38. The van der Waals surface area contributed by atoms with Crippen molar-refractivity contribution in [2.24, 2.45) is 0 Å². The van der Waals surface area contributed by atoms with E-state index in [4.69, 9.17) is 0 Å². The molecule has 1 aromatic rings. The number of nitrogens with zero attached hydrogens (tertiary/aromatic N) is 1. The molecule has 0 spiro atoms. The molecule has 1 aromatic heterocycles. The fourth-order valence-corrected chi connectivity index (χ4v) is 0.848. The molecular formula is C6H5BrFNO. The van der Waals surface area contributed by atoms with Crippen molar-refractivity contribution in [2.45, 2.75) is 0 Å². The summed E-state index contributed by atoms with van der Waals surface area (Å²) in [6, 6.07) is 1.25. The van der Waals surface area contributed by atoms with Crippen molar-refractivity contribution in [2.75, 3.05) is 7.11 Å². The number of pyridine rings is 1. The summed E-state index contributed by atoms with van der Waals surface area (Å²) in [4.78, 5) is 3.76. The number of halogens is 2. The summed E-state index contributed by atoms with van der Waals surface area (Å²) in [6.07, 6.45) is 1.32. The predicted octanol–water partition coefficient (Wildman–Crippen LogP) is 1.99. The second kappa shape index (κ2) is 2.96. The summed E-state index contributed by atoms with van der Waals surface area (Å²) in [5, 5.41) is 0. The van der Waals surface area contributed by atoms with Crippen LogP contribution in [-0.2, 0) is 0 Å². The topological polar surface area (TPSA) is 22.1 Å². The Balaban J connectivity index is 3.07. The number of hydrogen-bond donors (Lipinski definition) is 0. The highest BCUT2D eigenvalue weighted by Gasteiger charge is 2.01. The van der Waals surface area contributed by atoms with Gasteiger partial charge in [-0.2, -0.15) is 0 Å². The van der Waals surface area contributed by atoms with Crippen LogP contribution in [0.5, 0.6) is 5.75 Å². The molecule has 0 atom stereocenters. The number of aromatic nitrogens is 1. The lowest BCUT2D eigenvalue weighted by atomic mass is 10.4. The molecule has 10 heavy (non-hydrogen) atoms. The van der Waals surface area contributed by atoms with E-state index in [1.54, 1.807) is 0 Å². The van der Waals surface area contributed by atoms with Crippen LogP contribution in [0.4, 0.5) is 4.39 Å². The van der Waals surface area contributed by atoms with Crippen molar-refractivity contribution in [3.63, 3.8) is 0 Å². The lowest BCUT2D eigenvalue weighted by Gasteiger charge is -1.98. The Morgan fingerprint density at radius 1 is 1.70 bits per heavy atom. The van der Waals surface area contributed by atoms with Gasteiger partial charge in [0.2, 0.25) is 0 Å². The van der Waals surface area contributed by atoms with E-state index in [0.29, 0.717) is 4.60 Å². The first kappa shape index (κ1) is 7.47. The number of hydrogen-bond acceptors (Lipinski definition) is 2. The van der Waals surface area contributed by atoms with Gasteiger partial charge >= 0.3 is 0 Å². The van der Waals surface area contributed by atoms with Gasteiger partial charge < -0.3 is 4.74 Å². The van der Waals surface area contributed by atoms with E-state index in [9.17, 15) is 4.39 Å². The summed E-state index contributed by atoms with van der Waals surface area (Å²) in [7, 11) is 1.40. The van der Waals surface area contributed by atoms with Gasteiger partial charge in [-0.1, -0.05) is 0 Å². The largest absolute Gasteiger partial charge is 0.492 e. The Bertz CT molecular complexity index is 241. The van der Waals surface area contributed by atoms with E-state index in [2.05, 4.69) is 25.7 Å². The molecule has 0 aliphatic heterocycles. The minimum Gasteiger partial charge on any atom is -0.492 e. The van der Waals surface area contributed by atoms with Crippen LogP contribution in [0, 0.1) is 5.82 Å². The summed E-state index contributed by atoms with van der Waals surface area (Å²) < 4.78 is 17.8. The molecule has 0 bridgehead atoms. The molecule has 0 N–H and O–H groups in total. The standard InChI is InChI=1S/C6H5BrFNO/c1-10-5-3-9-6(7)2-4(5)8/h2-3H,1H3. The third-order valence-corrected chi connectivity index (χ3v) is 1.44. The molecule has 0 fully saturated rings. The maximum atomic E-state index is 12.7. The summed E-state index contributed by atoms with van der Waals surface area (Å²) in [5.41, 5.74) is 0. The Morgan fingerprint density at radius 3 is 2.90 bits per heavy atom. The first-order chi connectivity index (χ1) is 4.74.